The van der Waals surface area contributed by atoms with Crippen LogP contribution >= 0.6 is 0 Å². The van der Waals surface area contributed by atoms with E-state index < -0.39 is 5.82 Å². The number of anilines is 2. The highest BCUT2D eigenvalue weighted by Crippen LogP contribution is 2.27. The molecule has 0 aliphatic carbocycles. The van der Waals surface area contributed by atoms with Crippen LogP contribution in [0.1, 0.15) is 0 Å². The Hall–Kier alpha value is -3.35. The van der Waals surface area contributed by atoms with E-state index in [-0.39, 0.29) is 0 Å². The first-order valence-corrected chi connectivity index (χ1v) is 7.71. The zero-order chi connectivity index (χ0) is 17.4. The van der Waals surface area contributed by atoms with Gasteiger partial charge in [-0.3, -0.25) is 4.68 Å². The summed E-state index contributed by atoms with van der Waals surface area (Å²) < 4.78 is 20.8. The predicted octanol–water partition coefficient (Wildman–Crippen LogP) is 3.85. The molecule has 4 aromatic rings. The van der Waals surface area contributed by atoms with Gasteiger partial charge in [0.05, 0.1) is 24.5 Å². The monoisotopic (exact) mass is 337 g/mol. The Bertz CT molecular complexity index is 1050. The van der Waals surface area contributed by atoms with Crippen molar-refractivity contribution in [1.82, 2.24) is 19.7 Å². The van der Waals surface area contributed by atoms with E-state index in [0.29, 0.717) is 17.3 Å². The molecule has 0 unspecified atom stereocenters. The molecule has 1 aromatic carbocycles. The standard InChI is InChI=1S/C18H16FN5O/c1-24-10-12(9-21-24)16-5-11-8-20-18(7-17(11)22-16)23-15-4-3-13(25-2)6-14(15)19/h3-10,22H,1-2H3,(H,20,23). The molecule has 126 valence electrons. The fourth-order valence-electron chi connectivity index (χ4n) is 2.67. The number of hydrogen-bond donors (Lipinski definition) is 2. The Morgan fingerprint density at radius 2 is 2.08 bits per heavy atom. The number of halogens is 1. The quantitative estimate of drug-likeness (QED) is 0.593. The molecule has 3 aromatic heterocycles. The summed E-state index contributed by atoms with van der Waals surface area (Å²) in [5.74, 6) is 0.622. The van der Waals surface area contributed by atoms with Crippen molar-refractivity contribution in [3.63, 3.8) is 0 Å². The van der Waals surface area contributed by atoms with Gasteiger partial charge in [-0.1, -0.05) is 0 Å². The summed E-state index contributed by atoms with van der Waals surface area (Å²) in [5, 5.41) is 8.14. The van der Waals surface area contributed by atoms with E-state index in [2.05, 4.69) is 20.4 Å². The second-order valence-electron chi connectivity index (χ2n) is 5.71. The van der Waals surface area contributed by atoms with Gasteiger partial charge in [-0.05, 0) is 18.2 Å². The average Bonchev–Trinajstić information content (AvgIpc) is 3.22. The Kier molecular flexibility index (Phi) is 3.61. The Morgan fingerprint density at radius 1 is 1.20 bits per heavy atom. The van der Waals surface area contributed by atoms with Gasteiger partial charge in [0.15, 0.2) is 0 Å². The molecule has 2 N–H and O–H groups in total. The normalized spacial score (nSPS) is 11.0. The van der Waals surface area contributed by atoms with Gasteiger partial charge in [0.2, 0.25) is 0 Å². The molecule has 3 heterocycles. The highest BCUT2D eigenvalue weighted by molar-refractivity contribution is 5.87. The number of pyridine rings is 1. The summed E-state index contributed by atoms with van der Waals surface area (Å²) in [4.78, 5) is 7.69. The third kappa shape index (κ3) is 2.91. The topological polar surface area (TPSA) is 67.8 Å². The van der Waals surface area contributed by atoms with Gasteiger partial charge in [0.1, 0.15) is 17.4 Å². The molecule has 0 atom stereocenters. The van der Waals surface area contributed by atoms with Gasteiger partial charge < -0.3 is 15.0 Å². The molecule has 0 saturated heterocycles. The second kappa shape index (κ2) is 5.94. The van der Waals surface area contributed by atoms with E-state index in [9.17, 15) is 4.39 Å². The third-order valence-electron chi connectivity index (χ3n) is 3.96. The van der Waals surface area contributed by atoms with Crippen LogP contribution in [0.15, 0.2) is 48.9 Å². The molecule has 0 spiro atoms. The number of aromatic amines is 1. The maximum atomic E-state index is 14.1. The first-order valence-electron chi connectivity index (χ1n) is 7.71. The van der Waals surface area contributed by atoms with Gasteiger partial charge in [-0.2, -0.15) is 5.10 Å². The van der Waals surface area contributed by atoms with Crippen molar-refractivity contribution in [2.24, 2.45) is 7.05 Å². The van der Waals surface area contributed by atoms with Gasteiger partial charge in [-0.25, -0.2) is 9.37 Å². The SMILES string of the molecule is COc1ccc(Nc2cc3[nH]c(-c4cnn(C)c4)cc3cn2)c(F)c1. The number of ether oxygens (including phenoxy) is 1. The van der Waals surface area contributed by atoms with E-state index in [1.807, 2.05) is 25.4 Å². The average molecular weight is 337 g/mol. The van der Waals surface area contributed by atoms with Crippen LogP contribution in [0.2, 0.25) is 0 Å². The molecule has 6 nitrogen and oxygen atoms in total. The number of nitrogens with zero attached hydrogens (tertiary/aromatic N) is 3. The van der Waals surface area contributed by atoms with Crippen molar-refractivity contribution >= 4 is 22.4 Å². The van der Waals surface area contributed by atoms with Crippen molar-refractivity contribution in [1.29, 1.82) is 0 Å². The largest absolute Gasteiger partial charge is 0.497 e. The van der Waals surface area contributed by atoms with Crippen LogP contribution < -0.4 is 10.1 Å². The zero-order valence-corrected chi connectivity index (χ0v) is 13.7. The lowest BCUT2D eigenvalue weighted by Crippen LogP contribution is -1.96. The summed E-state index contributed by atoms with van der Waals surface area (Å²) in [5.41, 5.74) is 3.20. The number of methoxy groups -OCH3 is 1. The predicted molar refractivity (Wildman–Crippen MR) is 94.5 cm³/mol. The number of hydrogen-bond acceptors (Lipinski definition) is 4. The molecule has 4 rings (SSSR count). The Morgan fingerprint density at radius 3 is 2.80 bits per heavy atom. The summed E-state index contributed by atoms with van der Waals surface area (Å²) in [6.45, 7) is 0. The first kappa shape index (κ1) is 15.2. The summed E-state index contributed by atoms with van der Waals surface area (Å²) in [7, 11) is 3.38. The third-order valence-corrected chi connectivity index (χ3v) is 3.96. The van der Waals surface area contributed by atoms with E-state index >= 15 is 0 Å². The molecule has 25 heavy (non-hydrogen) atoms. The molecule has 0 radical (unpaired) electrons. The van der Waals surface area contributed by atoms with Crippen LogP contribution in [0.3, 0.4) is 0 Å². The molecule has 7 heteroatoms. The van der Waals surface area contributed by atoms with Crippen LogP contribution in [-0.2, 0) is 7.05 Å². The van der Waals surface area contributed by atoms with Crippen molar-refractivity contribution in [3.8, 4) is 17.0 Å². The van der Waals surface area contributed by atoms with E-state index in [1.165, 1.54) is 13.2 Å². The summed E-state index contributed by atoms with van der Waals surface area (Å²) in [6, 6.07) is 8.50. The molecular formula is C18H16FN5O. The second-order valence-corrected chi connectivity index (χ2v) is 5.71. The molecule has 0 amide bonds. The lowest BCUT2D eigenvalue weighted by molar-refractivity contribution is 0.411. The minimum atomic E-state index is -0.399. The van der Waals surface area contributed by atoms with Crippen molar-refractivity contribution in [2.45, 2.75) is 0 Å². The van der Waals surface area contributed by atoms with E-state index in [0.717, 1.165) is 22.2 Å². The lowest BCUT2D eigenvalue weighted by Gasteiger charge is -2.08. The van der Waals surface area contributed by atoms with Crippen LogP contribution in [-0.4, -0.2) is 26.9 Å². The van der Waals surface area contributed by atoms with Gasteiger partial charge in [-0.15, -0.1) is 0 Å². The number of fused-ring (bicyclic) bond motifs is 1. The lowest BCUT2D eigenvalue weighted by atomic mass is 10.2. The number of benzene rings is 1. The van der Waals surface area contributed by atoms with Crippen molar-refractivity contribution in [3.05, 3.63) is 54.7 Å². The molecular weight excluding hydrogens is 321 g/mol. The highest BCUT2D eigenvalue weighted by atomic mass is 19.1. The molecule has 0 bridgehead atoms. The van der Waals surface area contributed by atoms with Crippen LogP contribution in [0, 0.1) is 5.82 Å². The minimum absolute atomic E-state index is 0.340. The van der Waals surface area contributed by atoms with E-state index in [1.54, 1.807) is 29.2 Å². The van der Waals surface area contributed by atoms with Crippen LogP contribution in [0.25, 0.3) is 22.2 Å². The maximum Gasteiger partial charge on any atom is 0.150 e. The van der Waals surface area contributed by atoms with E-state index in [4.69, 9.17) is 4.74 Å². The summed E-state index contributed by atoms with van der Waals surface area (Å²) in [6.07, 6.45) is 5.48. The first-order chi connectivity index (χ1) is 12.1. The number of aryl methyl sites for hydroxylation is 1. The number of aromatic nitrogens is 4. The van der Waals surface area contributed by atoms with Gasteiger partial charge in [0.25, 0.3) is 0 Å². The van der Waals surface area contributed by atoms with Crippen LogP contribution in [0.4, 0.5) is 15.9 Å². The minimum Gasteiger partial charge on any atom is -0.497 e. The number of H-pyrrole nitrogens is 1. The molecule has 0 aliphatic heterocycles. The zero-order valence-electron chi connectivity index (χ0n) is 13.7. The Labute approximate surface area is 143 Å². The Balaban J connectivity index is 1.65. The molecule has 0 fully saturated rings. The molecule has 0 saturated carbocycles. The number of rotatable bonds is 4. The smallest absolute Gasteiger partial charge is 0.150 e. The van der Waals surface area contributed by atoms with Crippen LogP contribution in [0.5, 0.6) is 5.75 Å². The molecule has 0 aliphatic rings. The van der Waals surface area contributed by atoms with Crippen molar-refractivity contribution < 1.29 is 9.13 Å². The van der Waals surface area contributed by atoms with Gasteiger partial charge in [0, 0.05) is 48.2 Å². The summed E-state index contributed by atoms with van der Waals surface area (Å²) >= 11 is 0. The number of nitrogens with one attached hydrogen (secondary N) is 2. The maximum absolute atomic E-state index is 14.1. The van der Waals surface area contributed by atoms with Gasteiger partial charge >= 0.3 is 0 Å². The highest BCUT2D eigenvalue weighted by Gasteiger charge is 2.09. The van der Waals surface area contributed by atoms with Crippen molar-refractivity contribution in [2.75, 3.05) is 12.4 Å². The fraction of sp³-hybridized carbons (Fsp3) is 0.111. The fourth-order valence-corrected chi connectivity index (χ4v) is 2.67.